The number of hydrogen-bond donors (Lipinski definition) is 2. The molecule has 12 heteroatoms. The van der Waals surface area contributed by atoms with Crippen LogP contribution in [0.5, 0.6) is 0 Å². The topological polar surface area (TPSA) is 135 Å². The van der Waals surface area contributed by atoms with E-state index in [2.05, 4.69) is 104 Å². The van der Waals surface area contributed by atoms with Crippen LogP contribution in [0.15, 0.2) is 97.3 Å². The molecular formula is C24H18Cl2N2O6S2. The highest BCUT2D eigenvalue weighted by Crippen LogP contribution is 2.34. The fourth-order valence-corrected chi connectivity index (χ4v) is 3.57. The third-order valence-electron chi connectivity index (χ3n) is 4.79. The van der Waals surface area contributed by atoms with Gasteiger partial charge in [-0.1, -0.05) is 72.8 Å². The first-order valence-corrected chi connectivity index (χ1v) is 14.6. The minimum Gasteiger partial charge on any atom is -0.273 e. The zero-order valence-electron chi connectivity index (χ0n) is 18.2. The van der Waals surface area contributed by atoms with Crippen LogP contribution >= 0.6 is 21.4 Å². The maximum Gasteiger partial charge on any atom is 0.353 e. The molecule has 5 aromatic rings. The van der Waals surface area contributed by atoms with Gasteiger partial charge in [0.1, 0.15) is 0 Å². The third-order valence-corrected chi connectivity index (χ3v) is 4.79. The van der Waals surface area contributed by atoms with Crippen molar-refractivity contribution < 1.29 is 25.9 Å². The van der Waals surface area contributed by atoms with Gasteiger partial charge in [-0.25, -0.2) is 0 Å². The summed E-state index contributed by atoms with van der Waals surface area (Å²) in [5, 5.41) is 2.26. The van der Waals surface area contributed by atoms with E-state index in [0.717, 1.165) is 21.8 Å². The number of benzene rings is 3. The number of aromatic nitrogens is 2. The SMILES string of the molecule is O=S(=O)(O)Cl.O=S(=O)(O)Cl.c1ccc(-c2ccnc3c2ccc2c(-c4ccccc4)ccnc23)cc1. The van der Waals surface area contributed by atoms with Gasteiger partial charge in [-0.3, -0.25) is 19.1 Å². The third kappa shape index (κ3) is 8.23. The number of pyridine rings is 2. The van der Waals surface area contributed by atoms with Crippen LogP contribution in [0, 0.1) is 0 Å². The number of fused-ring (bicyclic) bond motifs is 3. The first-order valence-electron chi connectivity index (χ1n) is 10.0. The van der Waals surface area contributed by atoms with Gasteiger partial charge < -0.3 is 0 Å². The molecule has 0 aliphatic heterocycles. The lowest BCUT2D eigenvalue weighted by Crippen LogP contribution is -1.90. The summed E-state index contributed by atoms with van der Waals surface area (Å²) in [4.78, 5) is 9.34. The van der Waals surface area contributed by atoms with Gasteiger partial charge in [0, 0.05) is 44.5 Å². The standard InChI is InChI=1S/C24H16N2.2ClHO3S/c1-3-7-17(8-4-1)19-13-15-25-23-21(19)11-12-22-20(14-16-26-24(22)23)18-9-5-2-6-10-18;2*1-5(2,3)4/h1-16H;2*(H,2,3,4). The summed E-state index contributed by atoms with van der Waals surface area (Å²) in [6.07, 6.45) is 3.75. The van der Waals surface area contributed by atoms with Crippen LogP contribution < -0.4 is 0 Å². The van der Waals surface area contributed by atoms with E-state index >= 15 is 0 Å². The Balaban J connectivity index is 0.000000310. The zero-order valence-corrected chi connectivity index (χ0v) is 21.4. The summed E-state index contributed by atoms with van der Waals surface area (Å²) < 4.78 is 50.3. The Bertz CT molecular complexity index is 1560. The van der Waals surface area contributed by atoms with Crippen LogP contribution in [0.1, 0.15) is 0 Å². The van der Waals surface area contributed by atoms with Gasteiger partial charge in [-0.2, -0.15) is 16.8 Å². The molecule has 0 fully saturated rings. The molecule has 2 aromatic heterocycles. The monoisotopic (exact) mass is 564 g/mol. The molecule has 5 rings (SSSR count). The van der Waals surface area contributed by atoms with Crippen molar-refractivity contribution in [3.63, 3.8) is 0 Å². The van der Waals surface area contributed by atoms with E-state index in [4.69, 9.17) is 25.9 Å². The van der Waals surface area contributed by atoms with Crippen molar-refractivity contribution >= 4 is 61.8 Å². The summed E-state index contributed by atoms with van der Waals surface area (Å²) in [5.74, 6) is 0. The van der Waals surface area contributed by atoms with Crippen molar-refractivity contribution in [2.75, 3.05) is 0 Å². The molecule has 0 atom stereocenters. The molecule has 0 aliphatic carbocycles. The van der Waals surface area contributed by atoms with Gasteiger partial charge >= 0.3 is 18.7 Å². The molecular weight excluding hydrogens is 547 g/mol. The number of halogens is 2. The Morgan fingerprint density at radius 3 is 1.14 bits per heavy atom. The molecule has 0 unspecified atom stereocenters. The smallest absolute Gasteiger partial charge is 0.273 e. The second-order valence-electron chi connectivity index (χ2n) is 7.13. The Hall–Kier alpha value is -3.12. The van der Waals surface area contributed by atoms with Gasteiger partial charge in [0.15, 0.2) is 0 Å². The Labute approximate surface area is 216 Å². The average molecular weight is 565 g/mol. The predicted octanol–water partition coefficient (Wildman–Crippen LogP) is 6.17. The van der Waals surface area contributed by atoms with Crippen molar-refractivity contribution in [2.24, 2.45) is 0 Å². The lowest BCUT2D eigenvalue weighted by atomic mass is 9.97. The molecule has 0 amide bonds. The molecule has 0 bridgehead atoms. The van der Waals surface area contributed by atoms with E-state index in [9.17, 15) is 0 Å². The fourth-order valence-electron chi connectivity index (χ4n) is 3.57. The zero-order chi connectivity index (χ0) is 26.3. The number of hydrogen-bond acceptors (Lipinski definition) is 6. The molecule has 0 radical (unpaired) electrons. The molecule has 186 valence electrons. The van der Waals surface area contributed by atoms with Gasteiger partial charge in [-0.15, -0.1) is 0 Å². The predicted molar refractivity (Wildman–Crippen MR) is 143 cm³/mol. The second-order valence-corrected chi connectivity index (χ2v) is 11.1. The van der Waals surface area contributed by atoms with Gasteiger partial charge in [0.2, 0.25) is 0 Å². The van der Waals surface area contributed by atoms with Crippen molar-refractivity contribution in [3.05, 3.63) is 97.3 Å². The van der Waals surface area contributed by atoms with E-state index in [1.165, 1.54) is 22.3 Å². The first kappa shape index (κ1) is 27.5. The summed E-state index contributed by atoms with van der Waals surface area (Å²) in [6, 6.07) is 29.3. The Morgan fingerprint density at radius 2 is 0.833 bits per heavy atom. The van der Waals surface area contributed by atoms with E-state index in [0.29, 0.717) is 0 Å². The minimum atomic E-state index is -4.19. The van der Waals surface area contributed by atoms with Crippen molar-refractivity contribution in [2.45, 2.75) is 0 Å². The van der Waals surface area contributed by atoms with Crippen LogP contribution in [0.4, 0.5) is 0 Å². The normalized spacial score (nSPS) is 11.2. The number of rotatable bonds is 2. The van der Waals surface area contributed by atoms with Gasteiger partial charge in [0.05, 0.1) is 11.0 Å². The summed E-state index contributed by atoms with van der Waals surface area (Å²) in [5.41, 5.74) is 6.65. The molecule has 3 aromatic carbocycles. The van der Waals surface area contributed by atoms with Crippen molar-refractivity contribution in [3.8, 4) is 22.3 Å². The Morgan fingerprint density at radius 1 is 0.528 bits per heavy atom. The Kier molecular flexibility index (Phi) is 8.96. The van der Waals surface area contributed by atoms with Crippen molar-refractivity contribution in [1.82, 2.24) is 9.97 Å². The molecule has 0 spiro atoms. The lowest BCUT2D eigenvalue weighted by Gasteiger charge is -2.11. The van der Waals surface area contributed by atoms with Crippen LogP contribution in [0.2, 0.25) is 0 Å². The molecule has 0 saturated heterocycles. The largest absolute Gasteiger partial charge is 0.353 e. The molecule has 2 N–H and O–H groups in total. The highest BCUT2D eigenvalue weighted by Gasteiger charge is 2.11. The number of nitrogens with zero attached hydrogens (tertiary/aromatic N) is 2. The summed E-state index contributed by atoms with van der Waals surface area (Å²) in [6.45, 7) is 0. The minimum absolute atomic E-state index is 0.946. The van der Waals surface area contributed by atoms with Crippen LogP contribution in [-0.2, 0) is 18.7 Å². The highest BCUT2D eigenvalue weighted by atomic mass is 35.7. The van der Waals surface area contributed by atoms with E-state index in [1.54, 1.807) is 0 Å². The van der Waals surface area contributed by atoms with Crippen LogP contribution in [0.3, 0.4) is 0 Å². The summed E-state index contributed by atoms with van der Waals surface area (Å²) in [7, 11) is -0.273. The quantitative estimate of drug-likeness (QED) is 0.147. The molecule has 2 heterocycles. The maximum atomic E-state index is 8.95. The first-order chi connectivity index (χ1) is 16.9. The van der Waals surface area contributed by atoms with Crippen LogP contribution in [0.25, 0.3) is 44.1 Å². The summed E-state index contributed by atoms with van der Waals surface area (Å²) >= 11 is 0. The molecule has 0 saturated carbocycles. The lowest BCUT2D eigenvalue weighted by molar-refractivity contribution is 0.499. The van der Waals surface area contributed by atoms with Crippen molar-refractivity contribution in [1.29, 1.82) is 0 Å². The molecule has 0 aliphatic rings. The van der Waals surface area contributed by atoms with Gasteiger partial charge in [0.25, 0.3) is 0 Å². The second kappa shape index (κ2) is 11.7. The van der Waals surface area contributed by atoms with E-state index in [1.807, 2.05) is 24.5 Å². The fraction of sp³-hybridized carbons (Fsp3) is 0. The van der Waals surface area contributed by atoms with E-state index < -0.39 is 18.7 Å². The highest BCUT2D eigenvalue weighted by molar-refractivity contribution is 8.09. The van der Waals surface area contributed by atoms with E-state index in [-0.39, 0.29) is 0 Å². The molecule has 8 nitrogen and oxygen atoms in total. The maximum absolute atomic E-state index is 8.95. The average Bonchev–Trinajstić information content (AvgIpc) is 2.82. The van der Waals surface area contributed by atoms with Gasteiger partial charge in [-0.05, 0) is 34.4 Å². The van der Waals surface area contributed by atoms with Crippen LogP contribution in [-0.4, -0.2) is 35.9 Å². The molecule has 36 heavy (non-hydrogen) atoms.